The van der Waals surface area contributed by atoms with Gasteiger partial charge in [0.2, 0.25) is 0 Å². The van der Waals surface area contributed by atoms with Crippen molar-refractivity contribution >= 4 is 21.8 Å². The predicted molar refractivity (Wildman–Crippen MR) is 72.1 cm³/mol. The molecule has 1 N–H and O–H groups in total. The molecule has 1 fully saturated rings. The van der Waals surface area contributed by atoms with Crippen LogP contribution in [0.15, 0.2) is 22.7 Å². The molecular weight excluding hydrogens is 299 g/mol. The molecule has 0 saturated carbocycles. The first-order chi connectivity index (χ1) is 8.59. The molecule has 1 amide bonds. The SMILES string of the molecule is CN(CC1CCCN1)C(=O)c1c(F)cccc1Br. The Morgan fingerprint density at radius 1 is 1.61 bits per heavy atom. The van der Waals surface area contributed by atoms with Gasteiger partial charge in [-0.25, -0.2) is 4.39 Å². The Hall–Kier alpha value is -0.940. The van der Waals surface area contributed by atoms with Crippen LogP contribution in [0.1, 0.15) is 23.2 Å². The van der Waals surface area contributed by atoms with E-state index in [-0.39, 0.29) is 11.5 Å². The highest BCUT2D eigenvalue weighted by Crippen LogP contribution is 2.21. The summed E-state index contributed by atoms with van der Waals surface area (Å²) in [6.07, 6.45) is 2.20. The fourth-order valence-electron chi connectivity index (χ4n) is 2.22. The van der Waals surface area contributed by atoms with E-state index in [1.807, 2.05) is 0 Å². The summed E-state index contributed by atoms with van der Waals surface area (Å²) < 4.78 is 14.2. The maximum Gasteiger partial charge on any atom is 0.257 e. The van der Waals surface area contributed by atoms with Crippen LogP contribution in [-0.4, -0.2) is 37.0 Å². The monoisotopic (exact) mass is 314 g/mol. The van der Waals surface area contributed by atoms with Crippen molar-refractivity contribution in [2.45, 2.75) is 18.9 Å². The highest BCUT2D eigenvalue weighted by molar-refractivity contribution is 9.10. The van der Waals surface area contributed by atoms with Gasteiger partial charge in [-0.3, -0.25) is 4.79 Å². The van der Waals surface area contributed by atoms with Crippen LogP contribution in [0.25, 0.3) is 0 Å². The van der Waals surface area contributed by atoms with Crippen molar-refractivity contribution in [2.24, 2.45) is 0 Å². The molecule has 0 aliphatic carbocycles. The fraction of sp³-hybridized carbons (Fsp3) is 0.462. The van der Waals surface area contributed by atoms with Crippen molar-refractivity contribution < 1.29 is 9.18 Å². The molecule has 1 saturated heterocycles. The van der Waals surface area contributed by atoms with Crippen LogP contribution in [0.3, 0.4) is 0 Å². The number of halogens is 2. The molecule has 1 atom stereocenters. The number of amides is 1. The molecule has 1 aromatic carbocycles. The number of hydrogen-bond acceptors (Lipinski definition) is 2. The summed E-state index contributed by atoms with van der Waals surface area (Å²) in [7, 11) is 1.71. The van der Waals surface area contributed by atoms with Gasteiger partial charge in [-0.1, -0.05) is 6.07 Å². The number of hydrogen-bond donors (Lipinski definition) is 1. The lowest BCUT2D eigenvalue weighted by molar-refractivity contribution is 0.0778. The van der Waals surface area contributed by atoms with E-state index in [2.05, 4.69) is 21.2 Å². The molecule has 18 heavy (non-hydrogen) atoms. The van der Waals surface area contributed by atoms with Crippen molar-refractivity contribution in [3.05, 3.63) is 34.1 Å². The highest BCUT2D eigenvalue weighted by atomic mass is 79.9. The third kappa shape index (κ3) is 2.90. The molecule has 3 nitrogen and oxygen atoms in total. The summed E-state index contributed by atoms with van der Waals surface area (Å²) in [6.45, 7) is 1.61. The van der Waals surface area contributed by atoms with Gasteiger partial charge in [0.25, 0.3) is 5.91 Å². The van der Waals surface area contributed by atoms with Gasteiger partial charge in [-0.15, -0.1) is 0 Å². The van der Waals surface area contributed by atoms with Gasteiger partial charge >= 0.3 is 0 Å². The fourth-order valence-corrected chi connectivity index (χ4v) is 2.73. The van der Waals surface area contributed by atoms with Crippen LogP contribution in [-0.2, 0) is 0 Å². The van der Waals surface area contributed by atoms with Crippen LogP contribution < -0.4 is 5.32 Å². The molecule has 1 aromatic rings. The second kappa shape index (κ2) is 5.80. The van der Waals surface area contributed by atoms with Gasteiger partial charge in [0.15, 0.2) is 0 Å². The van der Waals surface area contributed by atoms with E-state index in [9.17, 15) is 9.18 Å². The lowest BCUT2D eigenvalue weighted by Crippen LogP contribution is -2.39. The van der Waals surface area contributed by atoms with Gasteiger partial charge in [0.05, 0.1) is 5.56 Å². The molecule has 1 heterocycles. The number of likely N-dealkylation sites (N-methyl/N-ethyl adjacent to an activating group) is 1. The maximum absolute atomic E-state index is 13.7. The average Bonchev–Trinajstić information content (AvgIpc) is 2.81. The van der Waals surface area contributed by atoms with E-state index < -0.39 is 5.82 Å². The number of carbonyl (C=O) groups is 1. The molecule has 1 aliphatic heterocycles. The molecule has 0 bridgehead atoms. The first-order valence-electron chi connectivity index (χ1n) is 6.02. The van der Waals surface area contributed by atoms with Crippen LogP contribution in [0.2, 0.25) is 0 Å². The standard InChI is InChI=1S/C13H16BrFN2O/c1-17(8-9-4-3-7-16-9)13(18)12-10(14)5-2-6-11(12)15/h2,5-6,9,16H,3-4,7-8H2,1H3. The van der Waals surface area contributed by atoms with E-state index in [1.54, 1.807) is 24.1 Å². The van der Waals surface area contributed by atoms with Gasteiger partial charge in [0.1, 0.15) is 5.82 Å². The normalized spacial score (nSPS) is 18.9. The van der Waals surface area contributed by atoms with Gasteiger partial charge in [0, 0.05) is 24.1 Å². The first kappa shape index (κ1) is 13.5. The molecule has 2 rings (SSSR count). The number of rotatable bonds is 3. The largest absolute Gasteiger partial charge is 0.340 e. The molecule has 1 unspecified atom stereocenters. The Kier molecular flexibility index (Phi) is 4.35. The Bertz CT molecular complexity index is 426. The lowest BCUT2D eigenvalue weighted by Gasteiger charge is -2.22. The zero-order chi connectivity index (χ0) is 13.1. The van der Waals surface area contributed by atoms with E-state index >= 15 is 0 Å². The third-order valence-corrected chi connectivity index (χ3v) is 3.84. The minimum atomic E-state index is -0.486. The number of benzene rings is 1. The van der Waals surface area contributed by atoms with Crippen molar-refractivity contribution in [3.63, 3.8) is 0 Å². The van der Waals surface area contributed by atoms with Gasteiger partial charge in [-0.05, 0) is 47.4 Å². The lowest BCUT2D eigenvalue weighted by atomic mass is 10.1. The zero-order valence-corrected chi connectivity index (χ0v) is 11.8. The number of nitrogens with zero attached hydrogens (tertiary/aromatic N) is 1. The van der Waals surface area contributed by atoms with Crippen molar-refractivity contribution in [1.82, 2.24) is 10.2 Å². The molecule has 1 aliphatic rings. The number of nitrogens with one attached hydrogen (secondary N) is 1. The second-order valence-corrected chi connectivity index (χ2v) is 5.43. The summed E-state index contributed by atoms with van der Waals surface area (Å²) in [5, 5.41) is 3.32. The van der Waals surface area contributed by atoms with Gasteiger partial charge < -0.3 is 10.2 Å². The van der Waals surface area contributed by atoms with Crippen LogP contribution in [0, 0.1) is 5.82 Å². The van der Waals surface area contributed by atoms with Crippen LogP contribution in [0.5, 0.6) is 0 Å². The van der Waals surface area contributed by atoms with Crippen molar-refractivity contribution in [3.8, 4) is 0 Å². The van der Waals surface area contributed by atoms with Crippen LogP contribution >= 0.6 is 15.9 Å². The van der Waals surface area contributed by atoms with E-state index in [0.717, 1.165) is 19.4 Å². The summed E-state index contributed by atoms with van der Waals surface area (Å²) >= 11 is 3.23. The average molecular weight is 315 g/mol. The molecule has 0 spiro atoms. The summed E-state index contributed by atoms with van der Waals surface area (Å²) in [5.74, 6) is -0.769. The minimum Gasteiger partial charge on any atom is -0.340 e. The maximum atomic E-state index is 13.7. The van der Waals surface area contributed by atoms with Crippen molar-refractivity contribution in [2.75, 3.05) is 20.1 Å². The topological polar surface area (TPSA) is 32.3 Å². The molecule has 0 radical (unpaired) electrons. The number of carbonyl (C=O) groups excluding carboxylic acids is 1. The molecular formula is C13H16BrFN2O. The summed E-state index contributed by atoms with van der Waals surface area (Å²) in [5.41, 5.74) is 0.109. The zero-order valence-electron chi connectivity index (χ0n) is 10.2. The predicted octanol–water partition coefficient (Wildman–Crippen LogP) is 2.41. The Morgan fingerprint density at radius 2 is 2.39 bits per heavy atom. The molecule has 0 aromatic heterocycles. The Balaban J connectivity index is 2.10. The quantitative estimate of drug-likeness (QED) is 0.929. The molecule has 98 valence electrons. The van der Waals surface area contributed by atoms with E-state index in [1.165, 1.54) is 6.07 Å². The highest BCUT2D eigenvalue weighted by Gasteiger charge is 2.23. The third-order valence-electron chi connectivity index (χ3n) is 3.18. The van der Waals surface area contributed by atoms with E-state index in [4.69, 9.17) is 0 Å². The van der Waals surface area contributed by atoms with E-state index in [0.29, 0.717) is 17.1 Å². The first-order valence-corrected chi connectivity index (χ1v) is 6.81. The van der Waals surface area contributed by atoms with Gasteiger partial charge in [-0.2, -0.15) is 0 Å². The second-order valence-electron chi connectivity index (χ2n) is 4.58. The Morgan fingerprint density at radius 3 is 3.00 bits per heavy atom. The van der Waals surface area contributed by atoms with Crippen molar-refractivity contribution in [1.29, 1.82) is 0 Å². The summed E-state index contributed by atoms with van der Waals surface area (Å²) in [6, 6.07) is 4.89. The van der Waals surface area contributed by atoms with Crippen LogP contribution in [0.4, 0.5) is 4.39 Å². The minimum absolute atomic E-state index is 0.109. The Labute approximate surface area is 114 Å². The summed E-state index contributed by atoms with van der Waals surface area (Å²) in [4.78, 5) is 13.8. The molecule has 5 heteroatoms. The smallest absolute Gasteiger partial charge is 0.257 e.